The van der Waals surface area contributed by atoms with Crippen LogP contribution in [0.5, 0.6) is 0 Å². The number of aliphatic hydroxyl groups excluding tert-OH is 1. The van der Waals surface area contributed by atoms with Gasteiger partial charge in [-0.15, -0.1) is 6.58 Å². The Morgan fingerprint density at radius 2 is 1.71 bits per heavy atom. The summed E-state index contributed by atoms with van der Waals surface area (Å²) >= 11 is 0. The van der Waals surface area contributed by atoms with Crippen molar-refractivity contribution in [3.05, 3.63) is 48.0 Å². The number of rotatable bonds is 12. The molecule has 4 atom stereocenters. The first-order valence-corrected chi connectivity index (χ1v) is 17.5. The van der Waals surface area contributed by atoms with Crippen LogP contribution in [0.1, 0.15) is 101 Å². The fourth-order valence-corrected chi connectivity index (χ4v) is 12.4. The van der Waals surface area contributed by atoms with Crippen molar-refractivity contribution in [3.8, 4) is 0 Å². The highest BCUT2D eigenvalue weighted by atomic mass is 28.4. The molecule has 0 aliphatic heterocycles. The average molecular weight is 588 g/mol. The Labute approximate surface area is 251 Å². The van der Waals surface area contributed by atoms with Crippen molar-refractivity contribution in [2.45, 2.75) is 124 Å². The number of carbonyl (C=O) groups is 2. The molecule has 2 rings (SSSR count). The molecule has 7 heteroatoms. The van der Waals surface area contributed by atoms with Gasteiger partial charge in [0.25, 0.3) is 8.32 Å². The summed E-state index contributed by atoms with van der Waals surface area (Å²) in [6, 6.07) is 0. The van der Waals surface area contributed by atoms with E-state index in [1.165, 1.54) is 16.0 Å². The Morgan fingerprint density at radius 3 is 2.20 bits per heavy atom. The first kappa shape index (κ1) is 35.1. The molecule has 0 radical (unpaired) electrons. The van der Waals surface area contributed by atoms with Gasteiger partial charge in [-0.3, -0.25) is 4.79 Å². The maximum atomic E-state index is 14.1. The Kier molecular flexibility index (Phi) is 11.5. The van der Waals surface area contributed by atoms with Crippen LogP contribution < -0.4 is 0 Å². The third-order valence-corrected chi connectivity index (χ3v) is 16.0. The van der Waals surface area contributed by atoms with Gasteiger partial charge in [-0.05, 0) is 61.6 Å². The Hall–Kier alpha value is -2.12. The van der Waals surface area contributed by atoms with Crippen molar-refractivity contribution < 1.29 is 23.9 Å². The fraction of sp³-hybridized carbons (Fsp3) is 0.706. The predicted molar refractivity (Wildman–Crippen MR) is 171 cm³/mol. The van der Waals surface area contributed by atoms with Crippen molar-refractivity contribution in [1.82, 2.24) is 4.90 Å². The van der Waals surface area contributed by atoms with Crippen LogP contribution in [0.2, 0.25) is 16.6 Å². The maximum Gasteiger partial charge on any atom is 0.414 e. The number of aliphatic hydroxyl groups is 1. The highest BCUT2D eigenvalue weighted by Crippen LogP contribution is 2.50. The van der Waals surface area contributed by atoms with Gasteiger partial charge in [0.2, 0.25) is 5.78 Å². The molecule has 0 spiro atoms. The normalized spacial score (nSPS) is 27.7. The van der Waals surface area contributed by atoms with Gasteiger partial charge in [0.05, 0.1) is 6.10 Å². The van der Waals surface area contributed by atoms with Gasteiger partial charge in [-0.1, -0.05) is 85.3 Å². The molecule has 2 aliphatic rings. The van der Waals surface area contributed by atoms with Crippen molar-refractivity contribution in [1.29, 1.82) is 0 Å². The molecule has 0 aromatic heterocycles. The van der Waals surface area contributed by atoms with Gasteiger partial charge in [0.15, 0.2) is 11.5 Å². The van der Waals surface area contributed by atoms with Crippen LogP contribution >= 0.6 is 0 Å². The number of hydrogen-bond acceptors (Lipinski definition) is 5. The van der Waals surface area contributed by atoms with Crippen LogP contribution in [0.3, 0.4) is 0 Å². The summed E-state index contributed by atoms with van der Waals surface area (Å²) in [4.78, 5) is 28.1. The summed E-state index contributed by atoms with van der Waals surface area (Å²) in [6.45, 7) is 27.6. The molecule has 41 heavy (non-hydrogen) atoms. The number of Topliss-reactive ketones (excluding diaryl/α,β-unsaturated/α-hetero) is 1. The van der Waals surface area contributed by atoms with E-state index in [2.05, 4.69) is 74.6 Å². The lowest BCUT2D eigenvalue weighted by Crippen LogP contribution is -2.48. The van der Waals surface area contributed by atoms with Crippen molar-refractivity contribution in [2.24, 2.45) is 16.7 Å². The monoisotopic (exact) mass is 587 g/mol. The minimum atomic E-state index is -2.46. The standard InChI is InChI=1S/C34H57NO5Si/c1-14-34(11)27(26(9)16-18-29(34)36)17-15-25(8)19-20-33(10)21-28(39-32(38)35(12)13)30(31(33)37)40-41(22(2)3,23(4)5)24(6)7/h14,19,22-24,27,29,36H,1,9,15-18,20-21H2,2-8,10-13H3/b25-19+/t27-,29+,33+,34+/m1/s1. The number of ether oxygens (including phenoxy) is 1. The Balaban J connectivity index is 2.32. The highest BCUT2D eigenvalue weighted by molar-refractivity contribution is 6.78. The SMILES string of the molecule is C=C[C@@]1(C)[C@H](CC/C(C)=C/C[C@@]2(C)CC(OC(=O)N(C)C)=C(O[Si](C(C)C)(C(C)C)C(C)C)C2=O)C(=C)CC[C@@H]1O. The molecule has 0 aromatic rings. The van der Waals surface area contributed by atoms with Crippen molar-refractivity contribution >= 4 is 20.2 Å². The van der Waals surface area contributed by atoms with Crippen molar-refractivity contribution in [3.63, 3.8) is 0 Å². The molecule has 6 nitrogen and oxygen atoms in total. The molecule has 0 saturated heterocycles. The molecule has 0 unspecified atom stereocenters. The van der Waals surface area contributed by atoms with E-state index in [1.807, 2.05) is 13.0 Å². The second kappa shape index (κ2) is 13.5. The van der Waals surface area contributed by atoms with Gasteiger partial charge in [0.1, 0.15) is 0 Å². The average Bonchev–Trinajstić information content (AvgIpc) is 3.11. The fourth-order valence-electron chi connectivity index (χ4n) is 7.14. The first-order valence-electron chi connectivity index (χ1n) is 15.4. The van der Waals surface area contributed by atoms with E-state index in [4.69, 9.17) is 9.16 Å². The third-order valence-electron chi connectivity index (χ3n) is 9.99. The number of allylic oxidation sites excluding steroid dienone is 5. The summed E-state index contributed by atoms with van der Waals surface area (Å²) < 4.78 is 12.7. The maximum absolute atomic E-state index is 14.1. The Bertz CT molecular complexity index is 1050. The molecule has 1 saturated carbocycles. The van der Waals surface area contributed by atoms with Gasteiger partial charge in [0, 0.05) is 31.3 Å². The number of amides is 1. The van der Waals surface area contributed by atoms with Gasteiger partial charge in [-0.25, -0.2) is 4.79 Å². The summed E-state index contributed by atoms with van der Waals surface area (Å²) in [5.41, 5.74) is 2.05. The highest BCUT2D eigenvalue weighted by Gasteiger charge is 2.53. The molecule has 1 N–H and O–H groups in total. The van der Waals surface area contributed by atoms with E-state index in [1.54, 1.807) is 14.1 Å². The lowest BCUT2D eigenvalue weighted by molar-refractivity contribution is -0.124. The van der Waals surface area contributed by atoms with E-state index in [9.17, 15) is 14.7 Å². The quantitative estimate of drug-likeness (QED) is 0.183. The second-order valence-electron chi connectivity index (χ2n) is 14.1. The van der Waals surface area contributed by atoms with Gasteiger partial charge < -0.3 is 19.2 Å². The first-order chi connectivity index (χ1) is 18.9. The number of hydrogen-bond donors (Lipinski definition) is 1. The second-order valence-corrected chi connectivity index (χ2v) is 19.5. The molecule has 1 fully saturated rings. The molecule has 0 aromatic carbocycles. The zero-order valence-electron chi connectivity index (χ0n) is 27.7. The summed E-state index contributed by atoms with van der Waals surface area (Å²) in [5, 5.41) is 10.7. The van der Waals surface area contributed by atoms with Crippen molar-refractivity contribution in [2.75, 3.05) is 14.1 Å². The summed E-state index contributed by atoms with van der Waals surface area (Å²) in [6.07, 6.45) is 7.24. The third kappa shape index (κ3) is 7.10. The van der Waals surface area contributed by atoms with Crippen LogP contribution in [-0.4, -0.2) is 50.4 Å². The van der Waals surface area contributed by atoms with Gasteiger partial charge in [-0.2, -0.15) is 0 Å². The topological polar surface area (TPSA) is 76.1 Å². The minimum absolute atomic E-state index is 0.0788. The van der Waals surface area contributed by atoms with Gasteiger partial charge >= 0.3 is 6.09 Å². The van der Waals surface area contributed by atoms with E-state index in [-0.39, 0.29) is 39.5 Å². The van der Waals surface area contributed by atoms with Crippen LogP contribution in [0, 0.1) is 16.7 Å². The van der Waals surface area contributed by atoms with Crippen LogP contribution in [0.25, 0.3) is 0 Å². The molecular formula is C34H57NO5Si. The predicted octanol–water partition coefficient (Wildman–Crippen LogP) is 8.70. The zero-order valence-corrected chi connectivity index (χ0v) is 28.7. The van der Waals surface area contributed by atoms with Crippen LogP contribution in [0.15, 0.2) is 48.0 Å². The molecular weight excluding hydrogens is 530 g/mol. The lowest BCUT2D eigenvalue weighted by atomic mass is 9.62. The van der Waals surface area contributed by atoms with E-state index in [0.29, 0.717) is 18.6 Å². The van der Waals surface area contributed by atoms with E-state index < -0.39 is 25.9 Å². The van der Waals surface area contributed by atoms with E-state index in [0.717, 1.165) is 25.7 Å². The molecule has 2 aliphatic carbocycles. The number of ketones is 1. The van der Waals surface area contributed by atoms with Crippen LogP contribution in [0.4, 0.5) is 4.79 Å². The minimum Gasteiger partial charge on any atom is -0.538 e. The summed E-state index contributed by atoms with van der Waals surface area (Å²) in [5.74, 6) is 0.696. The molecule has 0 bridgehead atoms. The smallest absolute Gasteiger partial charge is 0.414 e. The van der Waals surface area contributed by atoms with Crippen LogP contribution in [-0.2, 0) is 14.0 Å². The molecule has 1 amide bonds. The number of nitrogens with zero attached hydrogens (tertiary/aromatic N) is 1. The Morgan fingerprint density at radius 1 is 1.15 bits per heavy atom. The number of carbonyl (C=O) groups excluding carboxylic acids is 2. The summed E-state index contributed by atoms with van der Waals surface area (Å²) in [7, 11) is 0.815. The zero-order chi connectivity index (χ0) is 31.5. The molecule has 232 valence electrons. The largest absolute Gasteiger partial charge is 0.538 e. The molecule has 0 heterocycles. The lowest BCUT2D eigenvalue weighted by Gasteiger charge is -2.44. The van der Waals surface area contributed by atoms with E-state index >= 15 is 0 Å².